The van der Waals surface area contributed by atoms with Crippen LogP contribution in [0.15, 0.2) is 0 Å². The van der Waals surface area contributed by atoms with Gasteiger partial charge in [-0.05, 0) is 0 Å². The second-order valence-electron chi connectivity index (χ2n) is 3.09. The van der Waals surface area contributed by atoms with Crippen LogP contribution in [-0.4, -0.2) is 0 Å². The quantitative estimate of drug-likeness (QED) is 0.501. The zero-order chi connectivity index (χ0) is 8.98. The predicted molar refractivity (Wildman–Crippen MR) is 34.3 cm³/mol. The summed E-state index contributed by atoms with van der Waals surface area (Å²) in [6.45, 7) is 0. The third kappa shape index (κ3) is 0.282. The van der Waals surface area contributed by atoms with Crippen LogP contribution < -0.4 is 0 Å². The van der Waals surface area contributed by atoms with Crippen molar-refractivity contribution >= 4 is 0 Å². The summed E-state index contributed by atoms with van der Waals surface area (Å²) < 4.78 is 0. The molecule has 2 rings (SSSR count). The lowest BCUT2D eigenvalue weighted by Gasteiger charge is -1.99. The SMILES string of the molecule is N#CC1C2(C#N)C(C#N)C12C#N. The van der Waals surface area contributed by atoms with Crippen LogP contribution in [0.3, 0.4) is 0 Å². The predicted octanol–water partition coefficient (Wildman–Crippen LogP) is 0.313. The van der Waals surface area contributed by atoms with Gasteiger partial charge in [-0.1, -0.05) is 0 Å². The van der Waals surface area contributed by atoms with E-state index in [1.165, 1.54) is 0 Å². The first-order valence-corrected chi connectivity index (χ1v) is 3.38. The molecule has 4 nitrogen and oxygen atoms in total. The molecule has 2 fully saturated rings. The van der Waals surface area contributed by atoms with Crippen molar-refractivity contribution in [3.05, 3.63) is 0 Å². The van der Waals surface area contributed by atoms with Gasteiger partial charge in [0.1, 0.15) is 10.8 Å². The molecule has 4 heteroatoms. The van der Waals surface area contributed by atoms with Crippen LogP contribution in [0.25, 0.3) is 0 Å². The highest BCUT2D eigenvalue weighted by molar-refractivity contribution is 5.61. The fourth-order valence-electron chi connectivity index (χ4n) is 2.13. The molecule has 0 aromatic heterocycles. The number of fused-ring (bicyclic) bond motifs is 1. The van der Waals surface area contributed by atoms with E-state index in [0.29, 0.717) is 0 Å². The lowest BCUT2D eigenvalue weighted by atomic mass is 9.95. The van der Waals surface area contributed by atoms with Crippen LogP contribution in [-0.2, 0) is 0 Å². The summed E-state index contributed by atoms with van der Waals surface area (Å²) in [6.07, 6.45) is 0. The lowest BCUT2D eigenvalue weighted by Crippen LogP contribution is -2.08. The van der Waals surface area contributed by atoms with Crippen molar-refractivity contribution in [1.29, 1.82) is 21.0 Å². The molecule has 0 spiro atoms. The van der Waals surface area contributed by atoms with Gasteiger partial charge in [-0.25, -0.2) is 0 Å². The summed E-state index contributed by atoms with van der Waals surface area (Å²) in [5, 5.41) is 34.5. The zero-order valence-corrected chi connectivity index (χ0v) is 5.94. The molecule has 2 aliphatic rings. The van der Waals surface area contributed by atoms with Crippen LogP contribution in [0.4, 0.5) is 0 Å². The standard InChI is InChI=1S/C8H2N4/c9-1-5-7(3-11)6(2-10)8(5,7)4-12/h5-6H. The number of nitriles is 4. The van der Waals surface area contributed by atoms with E-state index in [-0.39, 0.29) is 0 Å². The first-order chi connectivity index (χ1) is 5.76. The Hall–Kier alpha value is -2.04. The molecule has 54 valence electrons. The van der Waals surface area contributed by atoms with E-state index in [2.05, 4.69) is 0 Å². The van der Waals surface area contributed by atoms with E-state index in [9.17, 15) is 0 Å². The Morgan fingerprint density at radius 2 is 1.08 bits per heavy atom. The molecule has 0 unspecified atom stereocenters. The minimum Gasteiger partial charge on any atom is -0.198 e. The van der Waals surface area contributed by atoms with Gasteiger partial charge < -0.3 is 0 Å². The maximum Gasteiger partial charge on any atom is 0.113 e. The highest BCUT2D eigenvalue weighted by Crippen LogP contribution is 2.92. The third-order valence-corrected chi connectivity index (χ3v) is 2.97. The van der Waals surface area contributed by atoms with E-state index in [0.717, 1.165) is 0 Å². The second kappa shape index (κ2) is 1.42. The van der Waals surface area contributed by atoms with Gasteiger partial charge in [0.15, 0.2) is 0 Å². The minimum atomic E-state index is -0.939. The molecule has 0 bridgehead atoms. The maximum absolute atomic E-state index is 8.70. The van der Waals surface area contributed by atoms with Gasteiger partial charge in [-0.15, -0.1) is 0 Å². The Morgan fingerprint density at radius 1 is 0.750 bits per heavy atom. The molecular formula is C8H2N4. The number of hydrogen-bond acceptors (Lipinski definition) is 4. The normalized spacial score (nSPS) is 51.7. The Kier molecular flexibility index (Phi) is 0.790. The average Bonchev–Trinajstić information content (AvgIpc) is 2.88. The van der Waals surface area contributed by atoms with Gasteiger partial charge >= 0.3 is 0 Å². The molecule has 2 saturated carbocycles. The van der Waals surface area contributed by atoms with Crippen molar-refractivity contribution in [2.45, 2.75) is 0 Å². The summed E-state index contributed by atoms with van der Waals surface area (Å²) in [4.78, 5) is 0. The molecule has 0 aliphatic heterocycles. The Bertz CT molecular complexity index is 372. The van der Waals surface area contributed by atoms with Crippen molar-refractivity contribution < 1.29 is 0 Å². The van der Waals surface area contributed by atoms with Gasteiger partial charge in [0, 0.05) is 0 Å². The zero-order valence-electron chi connectivity index (χ0n) is 5.94. The minimum absolute atomic E-state index is 0.537. The Morgan fingerprint density at radius 3 is 1.25 bits per heavy atom. The van der Waals surface area contributed by atoms with Crippen molar-refractivity contribution in [3.63, 3.8) is 0 Å². The van der Waals surface area contributed by atoms with Crippen LogP contribution in [0, 0.1) is 68.0 Å². The summed E-state index contributed by atoms with van der Waals surface area (Å²) in [7, 11) is 0. The van der Waals surface area contributed by atoms with Crippen LogP contribution in [0.5, 0.6) is 0 Å². The van der Waals surface area contributed by atoms with Gasteiger partial charge in [-0.2, -0.15) is 21.0 Å². The summed E-state index contributed by atoms with van der Waals surface area (Å²) in [5.74, 6) is -1.07. The van der Waals surface area contributed by atoms with Crippen molar-refractivity contribution in [2.75, 3.05) is 0 Å². The smallest absolute Gasteiger partial charge is 0.113 e. The fourth-order valence-corrected chi connectivity index (χ4v) is 2.13. The molecular weight excluding hydrogens is 152 g/mol. The van der Waals surface area contributed by atoms with Gasteiger partial charge in [0.2, 0.25) is 0 Å². The molecule has 0 N–H and O–H groups in total. The molecule has 0 atom stereocenters. The lowest BCUT2D eigenvalue weighted by molar-refractivity contribution is 0.546. The summed E-state index contributed by atoms with van der Waals surface area (Å²) in [6, 6.07) is 7.61. The van der Waals surface area contributed by atoms with E-state index >= 15 is 0 Å². The monoisotopic (exact) mass is 154 g/mol. The number of nitrogens with zero attached hydrogens (tertiary/aromatic N) is 4. The molecule has 0 amide bonds. The molecule has 2 aliphatic carbocycles. The number of rotatable bonds is 0. The highest BCUT2D eigenvalue weighted by Gasteiger charge is 3.02. The van der Waals surface area contributed by atoms with Crippen LogP contribution in [0.2, 0.25) is 0 Å². The topological polar surface area (TPSA) is 95.2 Å². The van der Waals surface area contributed by atoms with Crippen molar-refractivity contribution in [3.8, 4) is 24.3 Å². The first-order valence-electron chi connectivity index (χ1n) is 3.38. The first kappa shape index (κ1) is 6.66. The van der Waals surface area contributed by atoms with Gasteiger partial charge in [0.05, 0.1) is 36.1 Å². The maximum atomic E-state index is 8.70. The molecule has 0 heterocycles. The third-order valence-electron chi connectivity index (χ3n) is 2.97. The summed E-state index contributed by atoms with van der Waals surface area (Å²) in [5.41, 5.74) is -1.88. The highest BCUT2D eigenvalue weighted by atomic mass is 15.0. The van der Waals surface area contributed by atoms with Gasteiger partial charge in [0.25, 0.3) is 0 Å². The van der Waals surface area contributed by atoms with E-state index in [1.54, 1.807) is 0 Å². The van der Waals surface area contributed by atoms with E-state index < -0.39 is 22.7 Å². The molecule has 0 aromatic rings. The fraction of sp³-hybridized carbons (Fsp3) is 0.500. The van der Waals surface area contributed by atoms with Crippen molar-refractivity contribution in [2.24, 2.45) is 22.7 Å². The average molecular weight is 154 g/mol. The van der Waals surface area contributed by atoms with Crippen molar-refractivity contribution in [1.82, 2.24) is 0 Å². The largest absolute Gasteiger partial charge is 0.198 e. The molecule has 0 radical (unpaired) electrons. The Balaban J connectivity index is 2.44. The van der Waals surface area contributed by atoms with E-state index in [1.807, 2.05) is 24.3 Å². The summed E-state index contributed by atoms with van der Waals surface area (Å²) >= 11 is 0. The van der Waals surface area contributed by atoms with Crippen LogP contribution >= 0.6 is 0 Å². The Labute approximate surface area is 68.9 Å². The van der Waals surface area contributed by atoms with Gasteiger partial charge in [-0.3, -0.25) is 0 Å². The number of hydrogen-bond donors (Lipinski definition) is 0. The molecule has 12 heavy (non-hydrogen) atoms. The molecule has 0 saturated heterocycles. The van der Waals surface area contributed by atoms with Crippen LogP contribution in [0.1, 0.15) is 0 Å². The van der Waals surface area contributed by atoms with E-state index in [4.69, 9.17) is 21.0 Å². The second-order valence-corrected chi connectivity index (χ2v) is 3.09. The molecule has 0 aromatic carbocycles.